The third-order valence-corrected chi connectivity index (χ3v) is 36.4. The molecule has 0 N–H and O–H groups in total. The molecule has 0 amide bonds. The molecule has 0 aromatic heterocycles. The lowest BCUT2D eigenvalue weighted by Gasteiger charge is -2.37. The first kappa shape index (κ1) is 102. The Hall–Kier alpha value is -11.3. The quantitative estimate of drug-likeness (QED) is 0.0351. The average Bonchev–Trinajstić information content (AvgIpc) is 1.53. The van der Waals surface area contributed by atoms with Gasteiger partial charge in [0.15, 0.2) is 0 Å². The van der Waals surface area contributed by atoms with Crippen LogP contribution in [0.4, 0.5) is 34.1 Å². The summed E-state index contributed by atoms with van der Waals surface area (Å²) in [5, 5.41) is 0. The van der Waals surface area contributed by atoms with E-state index in [1.807, 2.05) is 0 Å². The molecule has 6 aliphatic carbocycles. The highest BCUT2D eigenvalue weighted by Gasteiger charge is 2.50. The van der Waals surface area contributed by atoms with Crippen molar-refractivity contribution in [1.29, 1.82) is 0 Å². The molecule has 20 rings (SSSR count). The Balaban J connectivity index is 0.655. The Morgan fingerprint density at radius 2 is 0.459 bits per heavy atom. The van der Waals surface area contributed by atoms with E-state index in [1.54, 1.807) is 22.3 Å². The molecule has 0 saturated heterocycles. The molecule has 146 heavy (non-hydrogen) atoms. The zero-order valence-corrected chi connectivity index (χ0v) is 90.5. The Morgan fingerprint density at radius 1 is 0.199 bits per heavy atom. The van der Waals surface area contributed by atoms with Crippen LogP contribution < -0.4 is 9.80 Å². The maximum Gasteiger partial charge on any atom is 0.0713 e. The van der Waals surface area contributed by atoms with Crippen LogP contribution in [0.25, 0.3) is 77.9 Å². The van der Waals surface area contributed by atoms with Gasteiger partial charge in [0.05, 0.1) is 5.41 Å². The summed E-state index contributed by atoms with van der Waals surface area (Å²) in [6, 6.07) is 121. The zero-order valence-electron chi connectivity index (χ0n) is 90.5. The van der Waals surface area contributed by atoms with Gasteiger partial charge in [-0.1, -0.05) is 487 Å². The van der Waals surface area contributed by atoms with Crippen molar-refractivity contribution in [3.05, 3.63) is 381 Å². The number of benzene rings is 14. The first-order chi connectivity index (χ1) is 72.0. The Kier molecular flexibility index (Phi) is 33.1. The molecule has 1 atom stereocenters. The SMILES string of the molecule is CCCCCCCCC1(CCCCCCCC)c2cc(-c3ccc(N(c4ccccc4)c4ccc5c(c4)C(CCCCCCCC)(CCCCCCCC)c4cc(N(c6ccccc6)c6ccc(-c7ccc8c(c7)C(CCCCCCCC)(CCCCCCCC)c7cc(C(C)CC)ccc7-8)cc6)ccc4-5)cc3)ccc2-c2ccc(-c3ccc4c(c3)C(c3ccc5c(c3)CC5)(c3ccc5c(c3)CC5)c3ccccc3-4)cc21. The van der Waals surface area contributed by atoms with E-state index in [0.29, 0.717) is 5.92 Å². The predicted octanol–water partition coefficient (Wildman–Crippen LogP) is 43.0. The maximum absolute atomic E-state index is 2.73. The predicted molar refractivity (Wildman–Crippen MR) is 630 cm³/mol. The summed E-state index contributed by atoms with van der Waals surface area (Å²) >= 11 is 0. The van der Waals surface area contributed by atoms with Gasteiger partial charge in [-0.3, -0.25) is 0 Å². The highest BCUT2D eigenvalue weighted by atomic mass is 15.1. The summed E-state index contributed by atoms with van der Waals surface area (Å²) in [5.41, 5.74) is 48.2. The minimum absolute atomic E-state index is 0.000967. The molecule has 0 spiro atoms. The molecule has 754 valence electrons. The highest BCUT2D eigenvalue weighted by molar-refractivity contribution is 5.94. The van der Waals surface area contributed by atoms with Crippen LogP contribution in [-0.4, -0.2) is 0 Å². The number of hydrogen-bond donors (Lipinski definition) is 0. The molecule has 0 radical (unpaired) electrons. The van der Waals surface area contributed by atoms with Crippen molar-refractivity contribution >= 4 is 34.1 Å². The Bertz CT molecular complexity index is 6630. The fraction of sp³-hybridized carbons (Fsp3) is 0.417. The number of fused-ring (bicyclic) bond motifs is 14. The molecule has 0 fully saturated rings. The van der Waals surface area contributed by atoms with Crippen LogP contribution in [0, 0.1) is 0 Å². The molecule has 1 unspecified atom stereocenters. The molecule has 0 aliphatic heterocycles. The molecule has 0 heterocycles. The largest absolute Gasteiger partial charge is 0.310 e. The molecule has 0 saturated carbocycles. The highest BCUT2D eigenvalue weighted by Crippen LogP contribution is 2.63. The van der Waals surface area contributed by atoms with E-state index in [2.05, 4.69) is 362 Å². The van der Waals surface area contributed by atoms with Gasteiger partial charge >= 0.3 is 0 Å². The lowest BCUT2D eigenvalue weighted by atomic mass is 9.65. The van der Waals surface area contributed by atoms with Crippen molar-refractivity contribution in [2.45, 2.75) is 385 Å². The topological polar surface area (TPSA) is 6.48 Å². The Morgan fingerprint density at radius 3 is 0.795 bits per heavy atom. The fourth-order valence-electron chi connectivity index (χ4n) is 27.8. The van der Waals surface area contributed by atoms with Gasteiger partial charge in [0.1, 0.15) is 0 Å². The van der Waals surface area contributed by atoms with Crippen LogP contribution in [0.5, 0.6) is 0 Å². The third-order valence-electron chi connectivity index (χ3n) is 36.4. The summed E-state index contributed by atoms with van der Waals surface area (Å²) in [4.78, 5) is 5.18. The number of nitrogens with zero attached hydrogens (tertiary/aromatic N) is 2. The summed E-state index contributed by atoms with van der Waals surface area (Å²) in [5.74, 6) is 0.532. The molecule has 2 nitrogen and oxygen atoms in total. The van der Waals surface area contributed by atoms with Crippen molar-refractivity contribution < 1.29 is 0 Å². The normalized spacial score (nSPS) is 14.6. The van der Waals surface area contributed by atoms with Crippen molar-refractivity contribution in [2.75, 3.05) is 9.80 Å². The molecule has 2 heteroatoms. The molecular formula is C144H168N2. The second-order valence-electron chi connectivity index (χ2n) is 45.7. The van der Waals surface area contributed by atoms with Crippen LogP contribution in [0.3, 0.4) is 0 Å². The van der Waals surface area contributed by atoms with Crippen LogP contribution in [0.1, 0.15) is 421 Å². The van der Waals surface area contributed by atoms with Crippen molar-refractivity contribution in [3.8, 4) is 77.9 Å². The first-order valence-corrected chi connectivity index (χ1v) is 59.3. The molecule has 6 aliphatic rings. The third kappa shape index (κ3) is 20.5. The number of hydrogen-bond acceptors (Lipinski definition) is 2. The van der Waals surface area contributed by atoms with Crippen molar-refractivity contribution in [1.82, 2.24) is 0 Å². The van der Waals surface area contributed by atoms with E-state index in [1.165, 1.54) is 430 Å². The van der Waals surface area contributed by atoms with Crippen molar-refractivity contribution in [2.24, 2.45) is 0 Å². The van der Waals surface area contributed by atoms with E-state index in [9.17, 15) is 0 Å². The first-order valence-electron chi connectivity index (χ1n) is 59.3. The number of anilines is 6. The Labute approximate surface area is 881 Å². The zero-order chi connectivity index (χ0) is 99.8. The summed E-state index contributed by atoms with van der Waals surface area (Å²) in [6.45, 7) is 19.0. The number of rotatable bonds is 55. The lowest BCUT2D eigenvalue weighted by Crippen LogP contribution is -2.30. The summed E-state index contributed by atoms with van der Waals surface area (Å²) in [6.07, 6.45) is 59.3. The van der Waals surface area contributed by atoms with Gasteiger partial charge in [0, 0.05) is 50.4 Å². The van der Waals surface area contributed by atoms with Crippen LogP contribution in [-0.2, 0) is 47.3 Å². The van der Waals surface area contributed by atoms with Gasteiger partial charge in [0.2, 0.25) is 0 Å². The van der Waals surface area contributed by atoms with E-state index < -0.39 is 5.41 Å². The van der Waals surface area contributed by atoms with E-state index in [0.717, 1.165) is 44.9 Å². The van der Waals surface area contributed by atoms with Gasteiger partial charge in [-0.05, 0) is 335 Å². The van der Waals surface area contributed by atoms with Crippen LogP contribution >= 0.6 is 0 Å². The lowest BCUT2D eigenvalue weighted by molar-refractivity contribution is 0.397. The second-order valence-corrected chi connectivity index (χ2v) is 45.7. The van der Waals surface area contributed by atoms with E-state index >= 15 is 0 Å². The molecule has 14 aromatic rings. The monoisotopic (exact) mass is 1930 g/mol. The molecular weight excluding hydrogens is 1760 g/mol. The second kappa shape index (κ2) is 47.5. The number of unbranched alkanes of at least 4 members (excludes halogenated alkanes) is 30. The van der Waals surface area contributed by atoms with E-state index in [4.69, 9.17) is 0 Å². The van der Waals surface area contributed by atoms with Gasteiger partial charge in [0.25, 0.3) is 0 Å². The minimum atomic E-state index is -0.441. The summed E-state index contributed by atoms with van der Waals surface area (Å²) in [7, 11) is 0. The fourth-order valence-corrected chi connectivity index (χ4v) is 27.8. The minimum Gasteiger partial charge on any atom is -0.310 e. The van der Waals surface area contributed by atoms with E-state index in [-0.39, 0.29) is 16.2 Å². The van der Waals surface area contributed by atoms with Crippen molar-refractivity contribution in [3.63, 3.8) is 0 Å². The van der Waals surface area contributed by atoms with Gasteiger partial charge in [-0.25, -0.2) is 0 Å². The maximum atomic E-state index is 2.73. The summed E-state index contributed by atoms with van der Waals surface area (Å²) < 4.78 is 0. The molecule has 0 bridgehead atoms. The average molecular weight is 1930 g/mol. The van der Waals surface area contributed by atoms with Gasteiger partial charge in [-0.15, -0.1) is 0 Å². The standard InChI is InChI=1S/C144H168N2/c1-9-16-22-28-34-48-90-141(91-49-35-29-23-17-10-2)134-98-110(105(8)15-7)70-83-126(134)127-84-71-113(99-135(127)141)108-66-77-121(78-67-108)145(119-54-42-40-43-55-119)123-81-88-130-131-89-82-124(104-139(131)143(138(130)103-123,94-52-38-32-26-20-13-5)95-53-39-33-27-21-14-6)146(120-56-44-41-45-57-120)122-79-68-109(69-80-122)114-72-85-128-129-86-73-115(101-137(129)142(136(128)100-114,92-50-36-30-24-18-11-3)93-51-37-31-25-19-12-4)116-74-87-132-125-58-46-47-59-133(125)144(140(132)102-116,117-75-64-106-60-62-111(106)96-117)118-76-65-107-61-63-112(107)97-118/h40-47,54-59,64-89,96-105H,9-39,48-53,60-63,90-95H2,1-8H3. The molecule has 14 aromatic carbocycles. The van der Waals surface area contributed by atoms with Crippen LogP contribution in [0.15, 0.2) is 297 Å². The number of para-hydroxylation sites is 2. The van der Waals surface area contributed by atoms with Gasteiger partial charge in [-0.2, -0.15) is 0 Å². The number of aryl methyl sites for hydroxylation is 4. The smallest absolute Gasteiger partial charge is 0.0713 e. The van der Waals surface area contributed by atoms with Crippen LogP contribution in [0.2, 0.25) is 0 Å². The van der Waals surface area contributed by atoms with Gasteiger partial charge < -0.3 is 9.80 Å².